The molecule has 1 N–H and O–H groups in total. The molecule has 18 heavy (non-hydrogen) atoms. The van der Waals surface area contributed by atoms with Crippen molar-refractivity contribution in [3.8, 4) is 0 Å². The predicted octanol–water partition coefficient (Wildman–Crippen LogP) is 3.42. The second-order valence-corrected chi connectivity index (χ2v) is 7.31. The first kappa shape index (κ1) is 14.3. The fraction of sp³-hybridized carbons (Fsp3) is 1.00. The molecular formula is C16H32N2. The Hall–Kier alpha value is -0.0800. The normalized spacial score (nSPS) is 26.0. The molecule has 0 unspecified atom stereocenters. The highest BCUT2D eigenvalue weighted by Crippen LogP contribution is 2.34. The van der Waals surface area contributed by atoms with Crippen molar-refractivity contribution in [2.75, 3.05) is 20.1 Å². The van der Waals surface area contributed by atoms with E-state index in [9.17, 15) is 0 Å². The molecule has 0 heterocycles. The first-order valence-corrected chi connectivity index (χ1v) is 8.00. The van der Waals surface area contributed by atoms with E-state index in [-0.39, 0.29) is 0 Å². The van der Waals surface area contributed by atoms with Crippen LogP contribution in [0.3, 0.4) is 0 Å². The quantitative estimate of drug-likeness (QED) is 0.806. The van der Waals surface area contributed by atoms with Crippen LogP contribution in [0.4, 0.5) is 0 Å². The van der Waals surface area contributed by atoms with Crippen molar-refractivity contribution in [3.05, 3.63) is 0 Å². The zero-order valence-electron chi connectivity index (χ0n) is 12.7. The second kappa shape index (κ2) is 6.38. The Morgan fingerprint density at radius 3 is 2.28 bits per heavy atom. The van der Waals surface area contributed by atoms with Gasteiger partial charge in [-0.3, -0.25) is 0 Å². The third kappa shape index (κ3) is 4.24. The second-order valence-electron chi connectivity index (χ2n) is 7.31. The minimum atomic E-state index is 0.596. The van der Waals surface area contributed by atoms with Crippen molar-refractivity contribution in [2.24, 2.45) is 5.41 Å². The Morgan fingerprint density at radius 2 is 1.67 bits per heavy atom. The summed E-state index contributed by atoms with van der Waals surface area (Å²) in [6.45, 7) is 7.23. The Kier molecular flexibility index (Phi) is 5.08. The Morgan fingerprint density at radius 1 is 1.06 bits per heavy atom. The van der Waals surface area contributed by atoms with Gasteiger partial charge in [-0.15, -0.1) is 0 Å². The smallest absolute Gasteiger partial charge is 0.0107 e. The van der Waals surface area contributed by atoms with Gasteiger partial charge in [-0.1, -0.05) is 26.7 Å². The van der Waals surface area contributed by atoms with Crippen LogP contribution in [-0.2, 0) is 0 Å². The zero-order valence-corrected chi connectivity index (χ0v) is 12.7. The molecule has 0 aromatic heterocycles. The van der Waals surface area contributed by atoms with Gasteiger partial charge in [-0.25, -0.2) is 0 Å². The van der Waals surface area contributed by atoms with Gasteiger partial charge in [0.1, 0.15) is 0 Å². The Bertz CT molecular complexity index is 233. The largest absolute Gasteiger partial charge is 0.313 e. The molecule has 2 saturated carbocycles. The third-order valence-electron chi connectivity index (χ3n) is 5.18. The molecule has 0 aliphatic heterocycles. The van der Waals surface area contributed by atoms with E-state index >= 15 is 0 Å². The summed E-state index contributed by atoms with van der Waals surface area (Å²) in [7, 11) is 2.31. The average molecular weight is 252 g/mol. The van der Waals surface area contributed by atoms with Gasteiger partial charge in [0.25, 0.3) is 0 Å². The molecule has 0 aromatic rings. The standard InChI is InChI=1S/C16H32N2/c1-16(2)10-8-14(9-11-16)17-12-13-18(3)15-6-4-5-7-15/h14-15,17H,4-13H2,1-3H3. The molecular weight excluding hydrogens is 220 g/mol. The maximum absolute atomic E-state index is 3.77. The monoisotopic (exact) mass is 252 g/mol. The highest BCUT2D eigenvalue weighted by molar-refractivity contribution is 4.82. The number of rotatable bonds is 5. The van der Waals surface area contributed by atoms with Crippen molar-refractivity contribution in [1.82, 2.24) is 10.2 Å². The lowest BCUT2D eigenvalue weighted by molar-refractivity contribution is 0.195. The highest BCUT2D eigenvalue weighted by atomic mass is 15.1. The van der Waals surface area contributed by atoms with E-state index in [2.05, 4.69) is 31.1 Å². The lowest BCUT2D eigenvalue weighted by Gasteiger charge is -2.35. The van der Waals surface area contributed by atoms with Gasteiger partial charge in [-0.05, 0) is 51.0 Å². The first-order chi connectivity index (χ1) is 8.57. The van der Waals surface area contributed by atoms with E-state index in [0.29, 0.717) is 5.41 Å². The summed E-state index contributed by atoms with van der Waals surface area (Å²) in [6, 6.07) is 1.66. The van der Waals surface area contributed by atoms with E-state index in [4.69, 9.17) is 0 Å². The summed E-state index contributed by atoms with van der Waals surface area (Å²) in [5.74, 6) is 0. The lowest BCUT2D eigenvalue weighted by atomic mass is 9.75. The lowest BCUT2D eigenvalue weighted by Crippen LogP contribution is -2.41. The van der Waals surface area contributed by atoms with Crippen LogP contribution in [0, 0.1) is 5.41 Å². The maximum Gasteiger partial charge on any atom is 0.0107 e. The molecule has 0 bridgehead atoms. The third-order valence-corrected chi connectivity index (χ3v) is 5.18. The molecule has 2 rings (SSSR count). The van der Waals surface area contributed by atoms with E-state index in [0.717, 1.165) is 12.1 Å². The number of nitrogens with zero attached hydrogens (tertiary/aromatic N) is 1. The Labute approximate surface area is 114 Å². The van der Waals surface area contributed by atoms with Crippen LogP contribution in [-0.4, -0.2) is 37.1 Å². The summed E-state index contributed by atoms with van der Waals surface area (Å²) >= 11 is 0. The van der Waals surface area contributed by atoms with Crippen LogP contribution in [0.15, 0.2) is 0 Å². The van der Waals surface area contributed by atoms with Gasteiger partial charge < -0.3 is 10.2 Å². The van der Waals surface area contributed by atoms with Crippen LogP contribution in [0.1, 0.15) is 65.2 Å². The molecule has 0 spiro atoms. The molecule has 2 heteroatoms. The van der Waals surface area contributed by atoms with Crippen molar-refractivity contribution in [3.63, 3.8) is 0 Å². The summed E-state index contributed by atoms with van der Waals surface area (Å²) in [5, 5.41) is 3.77. The van der Waals surface area contributed by atoms with Gasteiger partial charge in [0.05, 0.1) is 0 Å². The van der Waals surface area contributed by atoms with Crippen molar-refractivity contribution >= 4 is 0 Å². The van der Waals surface area contributed by atoms with E-state index in [1.165, 1.54) is 64.5 Å². The molecule has 0 amide bonds. The Balaban J connectivity index is 1.58. The number of likely N-dealkylation sites (N-methyl/N-ethyl adjacent to an activating group) is 1. The number of nitrogens with one attached hydrogen (secondary N) is 1. The minimum Gasteiger partial charge on any atom is -0.313 e. The minimum absolute atomic E-state index is 0.596. The average Bonchev–Trinajstić information content (AvgIpc) is 2.85. The van der Waals surface area contributed by atoms with Crippen LogP contribution in [0.25, 0.3) is 0 Å². The van der Waals surface area contributed by atoms with E-state index in [1.807, 2.05) is 0 Å². The molecule has 2 aliphatic rings. The van der Waals surface area contributed by atoms with Crippen LogP contribution in [0.5, 0.6) is 0 Å². The van der Waals surface area contributed by atoms with Crippen molar-refractivity contribution in [1.29, 1.82) is 0 Å². The topological polar surface area (TPSA) is 15.3 Å². The summed E-state index contributed by atoms with van der Waals surface area (Å²) in [5.41, 5.74) is 0.596. The maximum atomic E-state index is 3.77. The molecule has 0 atom stereocenters. The predicted molar refractivity (Wildman–Crippen MR) is 78.9 cm³/mol. The SMILES string of the molecule is CN(CCNC1CCC(C)(C)CC1)C1CCCC1. The van der Waals surface area contributed by atoms with Gasteiger partial charge in [-0.2, -0.15) is 0 Å². The van der Waals surface area contributed by atoms with E-state index in [1.54, 1.807) is 0 Å². The molecule has 0 saturated heterocycles. The molecule has 0 aromatic carbocycles. The van der Waals surface area contributed by atoms with Crippen LogP contribution < -0.4 is 5.32 Å². The first-order valence-electron chi connectivity index (χ1n) is 8.00. The highest BCUT2D eigenvalue weighted by Gasteiger charge is 2.26. The van der Waals surface area contributed by atoms with Gasteiger partial charge in [0.15, 0.2) is 0 Å². The van der Waals surface area contributed by atoms with Gasteiger partial charge >= 0.3 is 0 Å². The zero-order chi connectivity index (χ0) is 13.0. The van der Waals surface area contributed by atoms with Crippen LogP contribution >= 0.6 is 0 Å². The molecule has 2 nitrogen and oxygen atoms in total. The summed E-state index contributed by atoms with van der Waals surface area (Å²) in [4.78, 5) is 2.58. The number of hydrogen-bond donors (Lipinski definition) is 1. The van der Waals surface area contributed by atoms with Crippen molar-refractivity contribution < 1.29 is 0 Å². The summed E-state index contributed by atoms with van der Waals surface area (Å²) < 4.78 is 0. The molecule has 106 valence electrons. The molecule has 2 fully saturated rings. The van der Waals surface area contributed by atoms with E-state index < -0.39 is 0 Å². The molecule has 0 radical (unpaired) electrons. The van der Waals surface area contributed by atoms with Crippen molar-refractivity contribution in [2.45, 2.75) is 77.3 Å². The van der Waals surface area contributed by atoms with Gasteiger partial charge in [0.2, 0.25) is 0 Å². The fourth-order valence-corrected chi connectivity index (χ4v) is 3.58. The van der Waals surface area contributed by atoms with Gasteiger partial charge in [0, 0.05) is 25.2 Å². The number of hydrogen-bond acceptors (Lipinski definition) is 2. The van der Waals surface area contributed by atoms with Crippen LogP contribution in [0.2, 0.25) is 0 Å². The molecule has 2 aliphatic carbocycles. The fourth-order valence-electron chi connectivity index (χ4n) is 3.58. The summed E-state index contributed by atoms with van der Waals surface area (Å²) in [6.07, 6.45) is 11.3.